The molecule has 1 unspecified atom stereocenters. The van der Waals surface area contributed by atoms with E-state index in [1.165, 1.54) is 62.5 Å². The van der Waals surface area contributed by atoms with Crippen molar-refractivity contribution in [1.82, 2.24) is 0 Å². The number of hydrogen-bond acceptors (Lipinski definition) is 1. The normalized spacial score (nSPS) is 12.2. The maximum absolute atomic E-state index is 10.1. The van der Waals surface area contributed by atoms with Crippen molar-refractivity contribution in [3.63, 3.8) is 0 Å². The van der Waals surface area contributed by atoms with Gasteiger partial charge in [-0.05, 0) is 54.4 Å². The third-order valence-electron chi connectivity index (χ3n) is 5.50. The summed E-state index contributed by atoms with van der Waals surface area (Å²) in [6, 6.07) is 16.7. The van der Waals surface area contributed by atoms with E-state index in [4.69, 9.17) is 0 Å². The zero-order valence-electron chi connectivity index (χ0n) is 16.7. The predicted molar refractivity (Wildman–Crippen MR) is 113 cm³/mol. The molecule has 0 aromatic heterocycles. The van der Waals surface area contributed by atoms with E-state index >= 15 is 0 Å². The average Bonchev–Trinajstić information content (AvgIpc) is 2.67. The van der Waals surface area contributed by atoms with Gasteiger partial charge in [-0.2, -0.15) is 0 Å². The highest BCUT2D eigenvalue weighted by Gasteiger charge is 2.15. The highest BCUT2D eigenvalue weighted by atomic mass is 16.3. The summed E-state index contributed by atoms with van der Waals surface area (Å²) < 4.78 is 0. The van der Waals surface area contributed by atoms with Crippen LogP contribution >= 0.6 is 0 Å². The zero-order chi connectivity index (χ0) is 18.6. The van der Waals surface area contributed by atoms with E-state index in [9.17, 15) is 5.11 Å². The van der Waals surface area contributed by atoms with E-state index in [0.717, 1.165) is 18.4 Å². The van der Waals surface area contributed by atoms with Crippen LogP contribution in [-0.2, 0) is 12.8 Å². The molecule has 0 heterocycles. The lowest BCUT2D eigenvalue weighted by atomic mass is 9.85. The Bertz CT molecular complexity index is 632. The molecule has 1 heteroatoms. The number of phenols is 1. The molecule has 1 atom stereocenters. The summed E-state index contributed by atoms with van der Waals surface area (Å²) in [6.45, 7) is 4.53. The molecule has 0 aliphatic heterocycles. The van der Waals surface area contributed by atoms with Crippen molar-refractivity contribution in [2.75, 3.05) is 0 Å². The lowest BCUT2D eigenvalue weighted by Gasteiger charge is -2.20. The van der Waals surface area contributed by atoms with Crippen LogP contribution in [0, 0.1) is 0 Å². The van der Waals surface area contributed by atoms with Gasteiger partial charge in [-0.3, -0.25) is 0 Å². The molecular weight excluding hydrogens is 316 g/mol. The Hall–Kier alpha value is -1.76. The van der Waals surface area contributed by atoms with Crippen LogP contribution in [0.25, 0.3) is 0 Å². The first-order chi connectivity index (χ1) is 12.8. The van der Waals surface area contributed by atoms with Crippen molar-refractivity contribution in [3.05, 3.63) is 65.2 Å². The van der Waals surface area contributed by atoms with Gasteiger partial charge >= 0.3 is 0 Å². The number of aromatic hydroxyl groups is 1. The van der Waals surface area contributed by atoms with Gasteiger partial charge in [0.15, 0.2) is 0 Å². The fourth-order valence-electron chi connectivity index (χ4n) is 3.86. The van der Waals surface area contributed by atoms with Gasteiger partial charge in [-0.1, -0.05) is 94.8 Å². The molecule has 0 aliphatic carbocycles. The van der Waals surface area contributed by atoms with Gasteiger partial charge in [-0.15, -0.1) is 0 Å². The van der Waals surface area contributed by atoms with Crippen LogP contribution in [0.1, 0.15) is 87.8 Å². The van der Waals surface area contributed by atoms with E-state index in [-0.39, 0.29) is 0 Å². The Morgan fingerprint density at radius 2 is 1.35 bits per heavy atom. The Kier molecular flexibility index (Phi) is 9.31. The fraction of sp³-hybridized carbons (Fsp3) is 0.520. The molecule has 1 nitrogen and oxygen atoms in total. The van der Waals surface area contributed by atoms with Crippen molar-refractivity contribution in [2.24, 2.45) is 0 Å². The standard InChI is InChI=1S/C25H36O/c1-3-5-6-7-8-9-10-15-22-16-11-13-18-24(22)21(4-2)20-23-17-12-14-19-25(23)26/h11-14,16-19,21,26H,3-10,15,20H2,1-2H3. The third kappa shape index (κ3) is 6.52. The minimum atomic E-state index is 0.426. The summed E-state index contributed by atoms with van der Waals surface area (Å²) >= 11 is 0. The van der Waals surface area contributed by atoms with E-state index in [1.807, 2.05) is 12.1 Å². The van der Waals surface area contributed by atoms with Crippen molar-refractivity contribution < 1.29 is 5.11 Å². The van der Waals surface area contributed by atoms with Crippen molar-refractivity contribution in [3.8, 4) is 5.75 Å². The number of para-hydroxylation sites is 1. The number of benzene rings is 2. The van der Waals surface area contributed by atoms with Crippen LogP contribution in [0.2, 0.25) is 0 Å². The zero-order valence-corrected chi connectivity index (χ0v) is 16.7. The molecule has 0 fully saturated rings. The predicted octanol–water partition coefficient (Wildman–Crippen LogP) is 7.42. The summed E-state index contributed by atoms with van der Waals surface area (Å²) in [5.41, 5.74) is 4.04. The molecule has 0 saturated heterocycles. The number of rotatable bonds is 12. The first kappa shape index (κ1) is 20.6. The minimum absolute atomic E-state index is 0.426. The van der Waals surface area contributed by atoms with Crippen LogP contribution < -0.4 is 0 Å². The Morgan fingerprint density at radius 1 is 0.731 bits per heavy atom. The topological polar surface area (TPSA) is 20.2 Å². The molecule has 0 amide bonds. The second kappa shape index (κ2) is 11.8. The Balaban J connectivity index is 1.94. The van der Waals surface area contributed by atoms with Crippen molar-refractivity contribution >= 4 is 0 Å². The molecule has 26 heavy (non-hydrogen) atoms. The largest absolute Gasteiger partial charge is 0.508 e. The van der Waals surface area contributed by atoms with Crippen LogP contribution in [0.3, 0.4) is 0 Å². The van der Waals surface area contributed by atoms with Gasteiger partial charge in [0.05, 0.1) is 0 Å². The van der Waals surface area contributed by atoms with Crippen molar-refractivity contribution in [1.29, 1.82) is 0 Å². The number of aryl methyl sites for hydroxylation is 1. The van der Waals surface area contributed by atoms with Gasteiger partial charge < -0.3 is 5.11 Å². The molecule has 0 spiro atoms. The van der Waals surface area contributed by atoms with Crippen molar-refractivity contribution in [2.45, 2.75) is 84.0 Å². The van der Waals surface area contributed by atoms with E-state index in [2.05, 4.69) is 44.2 Å². The van der Waals surface area contributed by atoms with E-state index in [0.29, 0.717) is 11.7 Å². The van der Waals surface area contributed by atoms with Gasteiger partial charge in [0.2, 0.25) is 0 Å². The monoisotopic (exact) mass is 352 g/mol. The molecule has 0 bridgehead atoms. The van der Waals surface area contributed by atoms with Crippen LogP contribution in [0.5, 0.6) is 5.75 Å². The molecular formula is C25H36O. The number of phenolic OH excluding ortho intramolecular Hbond substituents is 1. The van der Waals surface area contributed by atoms with Crippen LogP contribution in [0.4, 0.5) is 0 Å². The SMILES string of the molecule is CCCCCCCCCc1ccccc1C(CC)Cc1ccccc1O. The molecule has 142 valence electrons. The fourth-order valence-corrected chi connectivity index (χ4v) is 3.86. The van der Waals surface area contributed by atoms with Gasteiger partial charge in [-0.25, -0.2) is 0 Å². The molecule has 2 aromatic carbocycles. The maximum Gasteiger partial charge on any atom is 0.118 e. The van der Waals surface area contributed by atoms with Gasteiger partial charge in [0.1, 0.15) is 5.75 Å². The summed E-state index contributed by atoms with van der Waals surface area (Å²) in [5, 5.41) is 10.1. The van der Waals surface area contributed by atoms with Gasteiger partial charge in [0.25, 0.3) is 0 Å². The molecule has 2 rings (SSSR count). The van der Waals surface area contributed by atoms with E-state index < -0.39 is 0 Å². The third-order valence-corrected chi connectivity index (χ3v) is 5.50. The molecule has 1 N–H and O–H groups in total. The summed E-state index contributed by atoms with van der Waals surface area (Å²) in [5.74, 6) is 0.902. The number of hydrogen-bond donors (Lipinski definition) is 1. The van der Waals surface area contributed by atoms with Crippen LogP contribution in [0.15, 0.2) is 48.5 Å². The smallest absolute Gasteiger partial charge is 0.118 e. The molecule has 0 aliphatic rings. The second-order valence-corrected chi connectivity index (χ2v) is 7.51. The maximum atomic E-state index is 10.1. The first-order valence-electron chi connectivity index (χ1n) is 10.6. The van der Waals surface area contributed by atoms with E-state index in [1.54, 1.807) is 6.07 Å². The first-order valence-corrected chi connectivity index (χ1v) is 10.6. The lowest BCUT2D eigenvalue weighted by Crippen LogP contribution is -2.06. The summed E-state index contributed by atoms with van der Waals surface area (Å²) in [7, 11) is 0. The highest BCUT2D eigenvalue weighted by molar-refractivity contribution is 5.36. The van der Waals surface area contributed by atoms with Gasteiger partial charge in [0, 0.05) is 0 Å². The Morgan fingerprint density at radius 3 is 2.04 bits per heavy atom. The average molecular weight is 353 g/mol. The number of unbranched alkanes of at least 4 members (excludes halogenated alkanes) is 6. The highest BCUT2D eigenvalue weighted by Crippen LogP contribution is 2.31. The second-order valence-electron chi connectivity index (χ2n) is 7.51. The quantitative estimate of drug-likeness (QED) is 0.394. The summed E-state index contributed by atoms with van der Waals surface area (Å²) in [6.07, 6.45) is 12.7. The lowest BCUT2D eigenvalue weighted by molar-refractivity contribution is 0.464. The van der Waals surface area contributed by atoms with Crippen LogP contribution in [-0.4, -0.2) is 5.11 Å². The summed E-state index contributed by atoms with van der Waals surface area (Å²) in [4.78, 5) is 0. The molecule has 0 radical (unpaired) electrons. The molecule has 2 aromatic rings. The minimum Gasteiger partial charge on any atom is -0.508 e. The molecule has 0 saturated carbocycles. The Labute approximate surface area is 160 Å².